The number of hydrogen-bond acceptors (Lipinski definition) is 4. The van der Waals surface area contributed by atoms with Gasteiger partial charge in [-0.1, -0.05) is 97.1 Å². The van der Waals surface area contributed by atoms with Gasteiger partial charge in [-0.2, -0.15) is 0 Å². The van der Waals surface area contributed by atoms with Crippen molar-refractivity contribution < 1.29 is 4.42 Å². The van der Waals surface area contributed by atoms with Crippen LogP contribution in [-0.2, 0) is 0 Å². The molecule has 2 unspecified atom stereocenters. The monoisotopic (exact) mass is 503 g/mol. The molecule has 0 saturated carbocycles. The van der Waals surface area contributed by atoms with Gasteiger partial charge in [0.1, 0.15) is 29.3 Å². The molecule has 0 saturated heterocycles. The molecule has 0 aliphatic carbocycles. The Labute approximate surface area is 225 Å². The van der Waals surface area contributed by atoms with E-state index in [2.05, 4.69) is 126 Å². The van der Waals surface area contributed by atoms with Crippen LogP contribution in [0, 0.1) is 0 Å². The lowest BCUT2D eigenvalue weighted by Crippen LogP contribution is -2.44. The summed E-state index contributed by atoms with van der Waals surface area (Å²) in [5, 5.41) is 14.6. The number of furan rings is 1. The van der Waals surface area contributed by atoms with Crippen molar-refractivity contribution in [1.29, 1.82) is 0 Å². The van der Waals surface area contributed by atoms with Crippen LogP contribution in [0.15, 0.2) is 137 Å². The van der Waals surface area contributed by atoms with Gasteiger partial charge in [0.05, 0.1) is 0 Å². The van der Waals surface area contributed by atoms with Gasteiger partial charge < -0.3 is 9.73 Å². The summed E-state index contributed by atoms with van der Waals surface area (Å²) < 4.78 is 6.09. The molecule has 39 heavy (non-hydrogen) atoms. The van der Waals surface area contributed by atoms with Gasteiger partial charge >= 0.3 is 0 Å². The zero-order chi connectivity index (χ0) is 25.8. The topological polar surface area (TPSA) is 49.6 Å². The normalized spacial score (nSPS) is 17.5. The van der Waals surface area contributed by atoms with Gasteiger partial charge in [0.2, 0.25) is 0 Å². The second-order valence-electron chi connectivity index (χ2n) is 10.1. The average molecular weight is 504 g/mol. The molecule has 7 aromatic rings. The van der Waals surface area contributed by atoms with Gasteiger partial charge in [-0.15, -0.1) is 0 Å². The Kier molecular flexibility index (Phi) is 5.00. The molecule has 0 spiro atoms. The SMILES string of the molecule is c1ccc2cc(C3=NC(c4ccc5ccccc5c4)NC(c4ccc5oc6ccccc6c5c4)N3)ccc2c1. The first-order valence-corrected chi connectivity index (χ1v) is 13.3. The Balaban J connectivity index is 1.25. The van der Waals surface area contributed by atoms with E-state index in [4.69, 9.17) is 9.41 Å². The fraction of sp³-hybridized carbons (Fsp3) is 0.0571. The lowest BCUT2D eigenvalue weighted by molar-refractivity contribution is 0.409. The van der Waals surface area contributed by atoms with Crippen molar-refractivity contribution in [2.24, 2.45) is 4.99 Å². The van der Waals surface area contributed by atoms with E-state index in [1.165, 1.54) is 21.5 Å². The van der Waals surface area contributed by atoms with Crippen molar-refractivity contribution in [3.05, 3.63) is 144 Å². The highest BCUT2D eigenvalue weighted by molar-refractivity contribution is 6.05. The molecule has 0 radical (unpaired) electrons. The highest BCUT2D eigenvalue weighted by Gasteiger charge is 2.26. The third kappa shape index (κ3) is 3.85. The highest BCUT2D eigenvalue weighted by Crippen LogP contribution is 2.33. The summed E-state index contributed by atoms with van der Waals surface area (Å²) in [6, 6.07) is 44.7. The predicted octanol–water partition coefficient (Wildman–Crippen LogP) is 8.23. The number of benzene rings is 6. The summed E-state index contributed by atoms with van der Waals surface area (Å²) in [5.41, 5.74) is 5.13. The van der Waals surface area contributed by atoms with E-state index in [1.54, 1.807) is 0 Å². The van der Waals surface area contributed by atoms with Crippen LogP contribution >= 0.6 is 0 Å². The van der Waals surface area contributed by atoms with Crippen molar-refractivity contribution in [3.8, 4) is 0 Å². The molecule has 1 aliphatic heterocycles. The van der Waals surface area contributed by atoms with Crippen LogP contribution in [0.5, 0.6) is 0 Å². The van der Waals surface area contributed by atoms with Crippen LogP contribution in [-0.4, -0.2) is 5.84 Å². The van der Waals surface area contributed by atoms with Gasteiger partial charge in [0.25, 0.3) is 0 Å². The van der Waals surface area contributed by atoms with Gasteiger partial charge in [-0.25, -0.2) is 4.99 Å². The molecule has 2 atom stereocenters. The number of nitrogens with one attached hydrogen (secondary N) is 2. The van der Waals surface area contributed by atoms with Crippen LogP contribution in [0.25, 0.3) is 43.5 Å². The summed E-state index contributed by atoms with van der Waals surface area (Å²) in [7, 11) is 0. The fourth-order valence-electron chi connectivity index (χ4n) is 5.69. The van der Waals surface area contributed by atoms with Crippen LogP contribution in [0.2, 0.25) is 0 Å². The van der Waals surface area contributed by atoms with Gasteiger partial charge in [-0.3, -0.25) is 5.32 Å². The molecule has 8 rings (SSSR count). The maximum absolute atomic E-state index is 6.09. The van der Waals surface area contributed by atoms with E-state index in [0.717, 1.165) is 44.5 Å². The van der Waals surface area contributed by atoms with Crippen molar-refractivity contribution in [3.63, 3.8) is 0 Å². The fourth-order valence-corrected chi connectivity index (χ4v) is 5.69. The minimum Gasteiger partial charge on any atom is -0.456 e. The summed E-state index contributed by atoms with van der Waals surface area (Å²) in [4.78, 5) is 5.19. The number of para-hydroxylation sites is 1. The number of fused-ring (bicyclic) bond motifs is 5. The Hall–Kier alpha value is -4.93. The van der Waals surface area contributed by atoms with E-state index >= 15 is 0 Å². The maximum atomic E-state index is 6.09. The molecule has 1 aliphatic rings. The van der Waals surface area contributed by atoms with E-state index < -0.39 is 0 Å². The largest absolute Gasteiger partial charge is 0.456 e. The molecule has 4 nitrogen and oxygen atoms in total. The van der Waals surface area contributed by atoms with E-state index in [-0.39, 0.29) is 12.3 Å². The standard InChI is InChI=1S/C35H25N3O/c1-3-9-24-19-26(15-13-22(24)7-1)33-36-34(27-16-14-23-8-2-4-10-25(23)20-27)38-35(37-33)28-17-18-32-30(21-28)29-11-5-6-12-31(29)39-32/h1-21,33,35,37H,(H,36,38). The number of nitrogens with zero attached hydrogens (tertiary/aromatic N) is 1. The molecule has 6 aromatic carbocycles. The van der Waals surface area contributed by atoms with Gasteiger partial charge in [0.15, 0.2) is 0 Å². The number of amidine groups is 1. The zero-order valence-corrected chi connectivity index (χ0v) is 21.1. The second kappa shape index (κ2) is 8.83. The zero-order valence-electron chi connectivity index (χ0n) is 21.1. The first-order chi connectivity index (χ1) is 19.3. The van der Waals surface area contributed by atoms with Crippen LogP contribution in [0.3, 0.4) is 0 Å². The lowest BCUT2D eigenvalue weighted by atomic mass is 10.0. The molecule has 2 heterocycles. The van der Waals surface area contributed by atoms with Crippen LogP contribution < -0.4 is 10.6 Å². The summed E-state index contributed by atoms with van der Waals surface area (Å²) in [6.07, 6.45) is -0.349. The van der Waals surface area contributed by atoms with Crippen molar-refractivity contribution in [2.75, 3.05) is 0 Å². The molecule has 186 valence electrons. The highest BCUT2D eigenvalue weighted by atomic mass is 16.3. The smallest absolute Gasteiger partial charge is 0.135 e. The Morgan fingerprint density at radius 1 is 0.538 bits per heavy atom. The molecule has 0 fully saturated rings. The first kappa shape index (κ1) is 22.1. The van der Waals surface area contributed by atoms with Crippen molar-refractivity contribution >= 4 is 49.3 Å². The average Bonchev–Trinajstić information content (AvgIpc) is 3.38. The van der Waals surface area contributed by atoms with E-state index in [0.29, 0.717) is 0 Å². The summed E-state index contributed by atoms with van der Waals surface area (Å²) in [5.74, 6) is 0.875. The predicted molar refractivity (Wildman–Crippen MR) is 160 cm³/mol. The Morgan fingerprint density at radius 2 is 1.21 bits per heavy atom. The van der Waals surface area contributed by atoms with Crippen LogP contribution in [0.4, 0.5) is 0 Å². The van der Waals surface area contributed by atoms with Gasteiger partial charge in [0, 0.05) is 16.3 Å². The minimum absolute atomic E-state index is 0.140. The Bertz CT molecular complexity index is 2050. The van der Waals surface area contributed by atoms with E-state index in [1.807, 2.05) is 12.1 Å². The molecule has 4 heteroatoms. The van der Waals surface area contributed by atoms with Crippen molar-refractivity contribution in [2.45, 2.75) is 12.3 Å². The quantitative estimate of drug-likeness (QED) is 0.255. The molecule has 2 N–H and O–H groups in total. The van der Waals surface area contributed by atoms with Crippen LogP contribution in [0.1, 0.15) is 29.0 Å². The number of hydrogen-bond donors (Lipinski definition) is 2. The Morgan fingerprint density at radius 3 is 2.05 bits per heavy atom. The third-order valence-electron chi connectivity index (χ3n) is 7.71. The first-order valence-electron chi connectivity index (χ1n) is 13.3. The second-order valence-corrected chi connectivity index (χ2v) is 10.1. The number of aliphatic imine (C=N–C) groups is 1. The molecule has 0 amide bonds. The minimum atomic E-state index is -0.209. The lowest BCUT2D eigenvalue weighted by Gasteiger charge is -2.32. The van der Waals surface area contributed by atoms with Crippen molar-refractivity contribution in [1.82, 2.24) is 10.6 Å². The summed E-state index contributed by atoms with van der Waals surface area (Å²) in [6.45, 7) is 0. The third-order valence-corrected chi connectivity index (χ3v) is 7.71. The summed E-state index contributed by atoms with van der Waals surface area (Å²) >= 11 is 0. The van der Waals surface area contributed by atoms with Gasteiger partial charge in [-0.05, 0) is 63.0 Å². The number of rotatable bonds is 3. The molecule has 1 aromatic heterocycles. The molecular formula is C35H25N3O. The molecular weight excluding hydrogens is 478 g/mol. The molecule has 0 bridgehead atoms. The maximum Gasteiger partial charge on any atom is 0.135 e. The van der Waals surface area contributed by atoms with E-state index in [9.17, 15) is 0 Å².